The zero-order valence-electron chi connectivity index (χ0n) is 48.7. The highest BCUT2D eigenvalue weighted by atomic mass is 16.8. The lowest BCUT2D eigenvalue weighted by atomic mass is 9.95. The molecule has 5 saturated heterocycles. The van der Waals surface area contributed by atoms with Gasteiger partial charge in [0, 0.05) is 26.0 Å². The van der Waals surface area contributed by atoms with Crippen LogP contribution in [0.3, 0.4) is 0 Å². The summed E-state index contributed by atoms with van der Waals surface area (Å²) in [4.78, 5) is 66.8. The molecule has 24 unspecified atom stereocenters. The smallest absolute Gasteiger partial charge is 0.338 e. The van der Waals surface area contributed by atoms with Crippen molar-refractivity contribution in [3.05, 3.63) is 108 Å². The number of ether oxygens (including phenoxy) is 14. The largest absolute Gasteiger partial charge is 0.508 e. The summed E-state index contributed by atoms with van der Waals surface area (Å²) in [6.45, 7) is -1.71. The van der Waals surface area contributed by atoms with Gasteiger partial charge < -0.3 is 133 Å². The van der Waals surface area contributed by atoms with Crippen molar-refractivity contribution in [2.24, 2.45) is 0 Å². The van der Waals surface area contributed by atoms with Crippen molar-refractivity contribution in [1.29, 1.82) is 0 Å². The molecule has 5 heterocycles. The van der Waals surface area contributed by atoms with E-state index in [1.807, 2.05) is 0 Å². The van der Waals surface area contributed by atoms with Crippen molar-refractivity contribution in [2.75, 3.05) is 33.0 Å². The summed E-state index contributed by atoms with van der Waals surface area (Å²) in [6.07, 6.45) is -41.2. The van der Waals surface area contributed by atoms with Gasteiger partial charge in [0.2, 0.25) is 12.1 Å². The number of rotatable bonds is 23. The Bertz CT molecular complexity index is 2950. The van der Waals surface area contributed by atoms with Gasteiger partial charge in [0.25, 0.3) is 0 Å². The lowest BCUT2D eigenvalue weighted by Gasteiger charge is -2.50. The van der Waals surface area contributed by atoms with Crippen molar-refractivity contribution in [2.45, 2.75) is 168 Å². The first kappa shape index (κ1) is 70.2. The molecular formula is C59H72O32. The van der Waals surface area contributed by atoms with Gasteiger partial charge in [0.05, 0.1) is 24.9 Å². The van der Waals surface area contributed by atoms with Crippen molar-refractivity contribution in [3.8, 4) is 11.5 Å². The molecule has 0 saturated carbocycles. The molecule has 500 valence electrons. The molecule has 91 heavy (non-hydrogen) atoms. The number of aromatic hydroxyl groups is 1. The van der Waals surface area contributed by atoms with Crippen LogP contribution in [-0.4, -0.2) is 276 Å². The molecule has 13 N–H and O–H groups in total. The number of esters is 5. The Balaban J connectivity index is 1.23. The minimum absolute atomic E-state index is 0.0988. The van der Waals surface area contributed by atoms with Gasteiger partial charge in [-0.15, -0.1) is 0 Å². The maximum Gasteiger partial charge on any atom is 0.338 e. The van der Waals surface area contributed by atoms with Crippen molar-refractivity contribution < 1.29 is 157 Å². The molecule has 0 radical (unpaired) electrons. The van der Waals surface area contributed by atoms with E-state index in [0.717, 1.165) is 26.0 Å². The number of carbonyl (C=O) groups excluding carboxylic acids is 5. The molecule has 5 fully saturated rings. The maximum atomic E-state index is 14.4. The Morgan fingerprint density at radius 1 is 0.505 bits per heavy atom. The van der Waals surface area contributed by atoms with E-state index >= 15 is 0 Å². The molecule has 5 aliphatic rings. The second-order valence-electron chi connectivity index (χ2n) is 21.6. The quantitative estimate of drug-likeness (QED) is 0.0243. The third kappa shape index (κ3) is 17.1. The number of aliphatic hydroxyl groups excluding tert-OH is 12. The molecule has 24 atom stereocenters. The number of hydrogen-bond acceptors (Lipinski definition) is 32. The van der Waals surface area contributed by atoms with Crippen LogP contribution in [0.5, 0.6) is 11.5 Å². The van der Waals surface area contributed by atoms with E-state index < -0.39 is 210 Å². The number of phenolic OH excluding ortho intramolecular Hbond substituents is 1. The summed E-state index contributed by atoms with van der Waals surface area (Å²) >= 11 is 0. The number of carbonyl (C=O) groups is 5. The van der Waals surface area contributed by atoms with Gasteiger partial charge in [0.1, 0.15) is 129 Å². The van der Waals surface area contributed by atoms with E-state index in [1.165, 1.54) is 91.9 Å². The molecule has 32 nitrogen and oxygen atoms in total. The highest BCUT2D eigenvalue weighted by Crippen LogP contribution is 2.42. The van der Waals surface area contributed by atoms with E-state index in [1.54, 1.807) is 6.07 Å². The zero-order valence-corrected chi connectivity index (χ0v) is 48.7. The first-order valence-corrected chi connectivity index (χ1v) is 28.4. The van der Waals surface area contributed by atoms with Crippen LogP contribution in [0.1, 0.15) is 42.3 Å². The fourth-order valence-corrected chi connectivity index (χ4v) is 10.2. The van der Waals surface area contributed by atoms with Crippen LogP contribution in [0.4, 0.5) is 0 Å². The second-order valence-corrected chi connectivity index (χ2v) is 21.6. The molecule has 5 aliphatic heterocycles. The number of aliphatic hydroxyl groups is 12. The highest BCUT2D eigenvalue weighted by molar-refractivity contribution is 5.90. The summed E-state index contributed by atoms with van der Waals surface area (Å²) in [5.41, 5.74) is 0.521. The van der Waals surface area contributed by atoms with Gasteiger partial charge in [-0.05, 0) is 66.6 Å². The molecular weight excluding hydrogens is 1220 g/mol. The van der Waals surface area contributed by atoms with Crippen molar-refractivity contribution >= 4 is 42.0 Å². The van der Waals surface area contributed by atoms with Crippen LogP contribution in [0.25, 0.3) is 12.2 Å². The standard InChI is InChI=1S/C59H72O32/c1-26-40(67)44(71)47(74)55(81-26)82-33-17-11-30(12-18-33)14-20-39(66)86-50-37(24-79-28(3)63)85-58(52(88-56-48(75)45(72)41(68)34(21-60)83-56)51(50)87-57-49(76)46(73)42(69)36(84-57)23-78-27(2)62)91-59(25-80-38(65)19-13-29-9-15-32(64)16-10-29)53(43(70)35(22-61)90-59)89-54(77)31-7-5-4-6-8-31/h4-20,26,34-37,40-53,55-58,60-61,64,67-76H,21-25H2,1-3H3. The van der Waals surface area contributed by atoms with E-state index in [9.17, 15) is 90.4 Å². The molecule has 8 rings (SSSR count). The fourth-order valence-electron chi connectivity index (χ4n) is 10.2. The SMILES string of the molecule is CC(=O)OCC1OC(OC2C(OC(=O)C=Cc3ccc(OC4OC(C)C(O)C(O)C4O)cc3)C(COC(C)=O)OC(OC3(COC(=O)C=Cc4ccc(O)cc4)OC(CO)C(O)C3OC(=O)c3ccccc3)C2OC2OC(CO)C(O)C(O)C2O)C(O)C(O)C1O. The summed E-state index contributed by atoms with van der Waals surface area (Å²) in [5, 5.41) is 141. The Morgan fingerprint density at radius 3 is 1.62 bits per heavy atom. The molecule has 0 aromatic heterocycles. The summed E-state index contributed by atoms with van der Waals surface area (Å²) in [5.74, 6) is -8.48. The third-order valence-corrected chi connectivity index (χ3v) is 15.1. The highest BCUT2D eigenvalue weighted by Gasteiger charge is 2.64. The minimum Gasteiger partial charge on any atom is -0.508 e. The fraction of sp³-hybridized carbons (Fsp3) is 0.542. The molecule has 32 heteroatoms. The van der Waals surface area contributed by atoms with Crippen LogP contribution in [0, 0.1) is 0 Å². The van der Waals surface area contributed by atoms with E-state index in [-0.39, 0.29) is 22.6 Å². The Kier molecular flexibility index (Phi) is 24.1. The van der Waals surface area contributed by atoms with Gasteiger partial charge >= 0.3 is 29.8 Å². The van der Waals surface area contributed by atoms with Crippen LogP contribution in [0.2, 0.25) is 0 Å². The number of phenols is 1. The zero-order chi connectivity index (χ0) is 66.0. The summed E-state index contributed by atoms with van der Waals surface area (Å²) < 4.78 is 82.9. The van der Waals surface area contributed by atoms with Crippen molar-refractivity contribution in [3.63, 3.8) is 0 Å². The van der Waals surface area contributed by atoms with Gasteiger partial charge in [-0.25, -0.2) is 14.4 Å². The van der Waals surface area contributed by atoms with Crippen LogP contribution < -0.4 is 4.74 Å². The predicted octanol–water partition coefficient (Wildman–Crippen LogP) is -4.30. The van der Waals surface area contributed by atoms with E-state index in [2.05, 4.69) is 0 Å². The third-order valence-electron chi connectivity index (χ3n) is 15.1. The molecule has 3 aromatic carbocycles. The number of benzene rings is 3. The normalized spacial score (nSPS) is 36.8. The monoisotopic (exact) mass is 1290 g/mol. The topological polar surface area (TPSA) is 478 Å². The first-order chi connectivity index (χ1) is 43.3. The lowest BCUT2D eigenvalue weighted by molar-refractivity contribution is -0.421. The summed E-state index contributed by atoms with van der Waals surface area (Å²) in [6, 6.07) is 18.3. The van der Waals surface area contributed by atoms with Crippen LogP contribution in [-0.2, 0) is 80.8 Å². The molecule has 0 aliphatic carbocycles. The van der Waals surface area contributed by atoms with E-state index in [0.29, 0.717) is 5.56 Å². The lowest BCUT2D eigenvalue weighted by Crippen LogP contribution is -2.69. The molecule has 0 bridgehead atoms. The summed E-state index contributed by atoms with van der Waals surface area (Å²) in [7, 11) is 0. The predicted molar refractivity (Wildman–Crippen MR) is 296 cm³/mol. The average molecular weight is 1290 g/mol. The van der Waals surface area contributed by atoms with Crippen molar-refractivity contribution in [1.82, 2.24) is 0 Å². The number of hydrogen-bond donors (Lipinski definition) is 13. The van der Waals surface area contributed by atoms with Crippen LogP contribution in [0.15, 0.2) is 91.0 Å². The Hall–Kier alpha value is -6.71. The second kappa shape index (κ2) is 31.3. The molecule has 0 amide bonds. The van der Waals surface area contributed by atoms with Crippen LogP contribution >= 0.6 is 0 Å². The molecule has 0 spiro atoms. The van der Waals surface area contributed by atoms with E-state index in [4.69, 9.17) is 66.3 Å². The van der Waals surface area contributed by atoms with Gasteiger partial charge in [-0.1, -0.05) is 42.5 Å². The maximum absolute atomic E-state index is 14.4. The average Bonchev–Trinajstić information content (AvgIpc) is 1.73. The van der Waals surface area contributed by atoms with Gasteiger partial charge in [-0.2, -0.15) is 0 Å². The Labute approximate surface area is 517 Å². The van der Waals surface area contributed by atoms with Gasteiger partial charge in [-0.3, -0.25) is 9.59 Å². The Morgan fingerprint density at radius 2 is 1.02 bits per heavy atom. The van der Waals surface area contributed by atoms with Gasteiger partial charge in [0.15, 0.2) is 31.1 Å². The minimum atomic E-state index is -2.95. The first-order valence-electron chi connectivity index (χ1n) is 28.4. The molecule has 3 aromatic rings.